The minimum Gasteiger partial charge on any atom is -0.443 e. The summed E-state index contributed by atoms with van der Waals surface area (Å²) in [4.78, 5) is 28.8. The molecule has 0 saturated carbocycles. The second-order valence-electron chi connectivity index (χ2n) is 8.20. The molecule has 2 aromatic carbocycles. The number of para-hydroxylation sites is 2. The molecule has 2 aliphatic heterocycles. The van der Waals surface area contributed by atoms with Crippen LogP contribution < -0.4 is 10.1 Å². The Morgan fingerprint density at radius 2 is 1.81 bits per heavy atom. The van der Waals surface area contributed by atoms with Gasteiger partial charge in [0.1, 0.15) is 11.9 Å². The van der Waals surface area contributed by atoms with Gasteiger partial charge in [0.25, 0.3) is 0 Å². The standard InChI is InChI=1S/C23H23F2N3O4/c24-21(25)31-18-8-4-3-7-17(18)26-22(29)27-11-9-15(10-12-27)28-20-16-6-2-1-5-14(16)13-19(20)32-23(28)30/h1-8,15,19-21H,9-13H2,(H,26,29). The van der Waals surface area contributed by atoms with Crippen LogP contribution in [0.4, 0.5) is 24.1 Å². The van der Waals surface area contributed by atoms with Crippen molar-refractivity contribution in [2.75, 3.05) is 18.4 Å². The predicted octanol–water partition coefficient (Wildman–Crippen LogP) is 4.40. The number of carbonyl (C=O) groups excluding carboxylic acids is 2. The Hall–Kier alpha value is -3.36. The molecule has 0 aromatic heterocycles. The summed E-state index contributed by atoms with van der Waals surface area (Å²) in [6, 6.07) is 13.7. The Morgan fingerprint density at radius 3 is 2.59 bits per heavy atom. The summed E-state index contributed by atoms with van der Waals surface area (Å²) in [6.45, 7) is -2.09. The number of carbonyl (C=O) groups is 2. The lowest BCUT2D eigenvalue weighted by Crippen LogP contribution is -2.48. The fourth-order valence-corrected chi connectivity index (χ4v) is 4.96. The number of likely N-dealkylation sites (tertiary alicyclic amines) is 1. The Morgan fingerprint density at radius 1 is 1.09 bits per heavy atom. The van der Waals surface area contributed by atoms with E-state index in [-0.39, 0.29) is 41.7 Å². The van der Waals surface area contributed by atoms with Crippen molar-refractivity contribution in [3.63, 3.8) is 0 Å². The molecular formula is C23H23F2N3O4. The summed E-state index contributed by atoms with van der Waals surface area (Å²) < 4.78 is 35.4. The minimum absolute atomic E-state index is 0.0258. The number of amides is 3. The van der Waals surface area contributed by atoms with Gasteiger partial charge in [0.05, 0.1) is 11.7 Å². The predicted molar refractivity (Wildman–Crippen MR) is 112 cm³/mol. The van der Waals surface area contributed by atoms with Gasteiger partial charge in [-0.05, 0) is 36.1 Å². The lowest BCUT2D eigenvalue weighted by molar-refractivity contribution is -0.0493. The van der Waals surface area contributed by atoms with Gasteiger partial charge in [-0.1, -0.05) is 36.4 Å². The van der Waals surface area contributed by atoms with Crippen molar-refractivity contribution < 1.29 is 27.8 Å². The minimum atomic E-state index is -2.98. The molecule has 3 aliphatic rings. The van der Waals surface area contributed by atoms with Gasteiger partial charge in [0.2, 0.25) is 0 Å². The van der Waals surface area contributed by atoms with Crippen molar-refractivity contribution in [1.29, 1.82) is 0 Å². The second-order valence-corrected chi connectivity index (χ2v) is 8.20. The quantitative estimate of drug-likeness (QED) is 0.760. The highest BCUT2D eigenvalue weighted by atomic mass is 19.3. The molecule has 168 valence electrons. The van der Waals surface area contributed by atoms with Crippen molar-refractivity contribution in [3.8, 4) is 5.75 Å². The van der Waals surface area contributed by atoms with Crippen LogP contribution in [0, 0.1) is 0 Å². The third-order valence-electron chi connectivity index (χ3n) is 6.40. The Labute approximate surface area is 183 Å². The molecule has 7 nitrogen and oxygen atoms in total. The molecule has 2 saturated heterocycles. The Kier molecular flexibility index (Phi) is 5.32. The van der Waals surface area contributed by atoms with Crippen LogP contribution in [0.2, 0.25) is 0 Å². The highest BCUT2D eigenvalue weighted by molar-refractivity contribution is 5.91. The van der Waals surface area contributed by atoms with Crippen molar-refractivity contribution in [2.45, 2.75) is 44.1 Å². The number of hydrogen-bond acceptors (Lipinski definition) is 4. The van der Waals surface area contributed by atoms with E-state index >= 15 is 0 Å². The van der Waals surface area contributed by atoms with Crippen LogP contribution >= 0.6 is 0 Å². The number of ether oxygens (including phenoxy) is 2. The maximum atomic E-state index is 12.7. The molecule has 2 fully saturated rings. The molecule has 3 amide bonds. The number of alkyl halides is 2. The van der Waals surface area contributed by atoms with Gasteiger partial charge in [-0.25, -0.2) is 9.59 Å². The monoisotopic (exact) mass is 443 g/mol. The summed E-state index contributed by atoms with van der Waals surface area (Å²) in [7, 11) is 0. The lowest BCUT2D eigenvalue weighted by Gasteiger charge is -2.37. The molecule has 2 heterocycles. The Balaban J connectivity index is 1.23. The zero-order valence-corrected chi connectivity index (χ0v) is 17.2. The first-order valence-corrected chi connectivity index (χ1v) is 10.7. The molecule has 0 spiro atoms. The molecule has 32 heavy (non-hydrogen) atoms. The number of fused-ring (bicyclic) bond motifs is 3. The van der Waals surface area contributed by atoms with E-state index in [0.717, 1.165) is 12.0 Å². The van der Waals surface area contributed by atoms with E-state index in [0.29, 0.717) is 25.9 Å². The number of nitrogens with one attached hydrogen (secondary N) is 1. The van der Waals surface area contributed by atoms with E-state index in [9.17, 15) is 18.4 Å². The van der Waals surface area contributed by atoms with Gasteiger partial charge in [-0.2, -0.15) is 8.78 Å². The molecule has 1 N–H and O–H groups in total. The van der Waals surface area contributed by atoms with Crippen LogP contribution in [-0.2, 0) is 11.2 Å². The maximum absolute atomic E-state index is 12.7. The van der Waals surface area contributed by atoms with Crippen LogP contribution in [-0.4, -0.2) is 53.8 Å². The third kappa shape index (κ3) is 3.72. The SMILES string of the molecule is O=C(Nc1ccccc1OC(F)F)N1CCC(N2C(=O)OC3Cc4ccccc4C32)CC1. The summed E-state index contributed by atoms with van der Waals surface area (Å²) in [5.41, 5.74) is 2.54. The summed E-state index contributed by atoms with van der Waals surface area (Å²) in [6.07, 6.45) is 1.50. The van der Waals surface area contributed by atoms with E-state index in [4.69, 9.17) is 4.74 Å². The molecule has 2 unspecified atom stereocenters. The first-order valence-electron chi connectivity index (χ1n) is 10.7. The summed E-state index contributed by atoms with van der Waals surface area (Å²) in [5.74, 6) is -0.0866. The van der Waals surface area contributed by atoms with Gasteiger partial charge >= 0.3 is 18.7 Å². The number of hydrogen-bond donors (Lipinski definition) is 1. The van der Waals surface area contributed by atoms with Crippen molar-refractivity contribution in [2.24, 2.45) is 0 Å². The van der Waals surface area contributed by atoms with Crippen molar-refractivity contribution >= 4 is 17.8 Å². The molecule has 1 aliphatic carbocycles. The topological polar surface area (TPSA) is 71.1 Å². The average molecular weight is 443 g/mol. The van der Waals surface area contributed by atoms with Crippen molar-refractivity contribution in [1.82, 2.24) is 9.80 Å². The molecule has 2 aromatic rings. The van der Waals surface area contributed by atoms with E-state index in [1.165, 1.54) is 17.7 Å². The van der Waals surface area contributed by atoms with E-state index < -0.39 is 6.61 Å². The van der Waals surface area contributed by atoms with Crippen LogP contribution in [0.5, 0.6) is 5.75 Å². The van der Waals surface area contributed by atoms with Gasteiger partial charge < -0.3 is 19.7 Å². The van der Waals surface area contributed by atoms with E-state index in [1.807, 2.05) is 17.0 Å². The summed E-state index contributed by atoms with van der Waals surface area (Å²) in [5, 5.41) is 2.65. The van der Waals surface area contributed by atoms with Gasteiger partial charge in [-0.15, -0.1) is 0 Å². The maximum Gasteiger partial charge on any atom is 0.411 e. The first kappa shape index (κ1) is 20.5. The molecule has 0 bridgehead atoms. The molecule has 5 rings (SSSR count). The number of nitrogens with zero attached hydrogens (tertiary/aromatic N) is 2. The van der Waals surface area contributed by atoms with Crippen LogP contribution in [0.1, 0.15) is 30.0 Å². The van der Waals surface area contributed by atoms with E-state index in [2.05, 4.69) is 22.2 Å². The van der Waals surface area contributed by atoms with Crippen LogP contribution in [0.15, 0.2) is 48.5 Å². The molecular weight excluding hydrogens is 420 g/mol. The smallest absolute Gasteiger partial charge is 0.411 e. The number of rotatable bonds is 4. The van der Waals surface area contributed by atoms with Gasteiger partial charge in [0.15, 0.2) is 0 Å². The number of piperidine rings is 1. The number of urea groups is 1. The van der Waals surface area contributed by atoms with Gasteiger partial charge in [0, 0.05) is 25.6 Å². The van der Waals surface area contributed by atoms with Crippen molar-refractivity contribution in [3.05, 3.63) is 59.7 Å². The molecule has 2 atom stereocenters. The third-order valence-corrected chi connectivity index (χ3v) is 6.40. The van der Waals surface area contributed by atoms with Gasteiger partial charge in [-0.3, -0.25) is 4.90 Å². The fraction of sp³-hybridized carbons (Fsp3) is 0.391. The molecule has 0 radical (unpaired) electrons. The summed E-state index contributed by atoms with van der Waals surface area (Å²) >= 11 is 0. The number of anilines is 1. The average Bonchev–Trinajstić information content (AvgIpc) is 3.29. The zero-order valence-electron chi connectivity index (χ0n) is 17.2. The fourth-order valence-electron chi connectivity index (χ4n) is 4.96. The Bertz CT molecular complexity index is 1030. The largest absolute Gasteiger partial charge is 0.443 e. The van der Waals surface area contributed by atoms with Crippen LogP contribution in [0.25, 0.3) is 0 Å². The first-order chi connectivity index (χ1) is 15.5. The highest BCUT2D eigenvalue weighted by Crippen LogP contribution is 2.44. The van der Waals surface area contributed by atoms with Crippen LogP contribution in [0.3, 0.4) is 0 Å². The normalized spacial score (nSPS) is 22.5. The zero-order chi connectivity index (χ0) is 22.2. The van der Waals surface area contributed by atoms with E-state index in [1.54, 1.807) is 17.0 Å². The number of benzene rings is 2. The highest BCUT2D eigenvalue weighted by Gasteiger charge is 2.50. The molecule has 9 heteroatoms. The lowest BCUT2D eigenvalue weighted by atomic mass is 9.99. The number of halogens is 2. The second kappa shape index (κ2) is 8.29.